The van der Waals surface area contributed by atoms with E-state index in [1.807, 2.05) is 0 Å². The molecule has 0 radical (unpaired) electrons. The second-order valence-electron chi connectivity index (χ2n) is 5.15. The molecule has 1 aliphatic carbocycles. The van der Waals surface area contributed by atoms with Crippen LogP contribution in [0.25, 0.3) is 0 Å². The standard InChI is InChI=1S/C16H20FNO2/c17-15-7-6-13(8-14(15)11-19)10-18-16(20)9-12-4-2-1-3-5-12/h4,6-8,19H,1-3,5,9-11H2,(H,18,20). The number of allylic oxidation sites excluding steroid dienone is 1. The van der Waals surface area contributed by atoms with Crippen LogP contribution >= 0.6 is 0 Å². The van der Waals surface area contributed by atoms with Gasteiger partial charge in [0.05, 0.1) is 6.61 Å². The molecule has 20 heavy (non-hydrogen) atoms. The van der Waals surface area contributed by atoms with Crippen LogP contribution in [0.2, 0.25) is 0 Å². The lowest BCUT2D eigenvalue weighted by Gasteiger charge is -2.12. The summed E-state index contributed by atoms with van der Waals surface area (Å²) < 4.78 is 13.2. The molecule has 1 aromatic rings. The fraction of sp³-hybridized carbons (Fsp3) is 0.438. The molecule has 0 bridgehead atoms. The first kappa shape index (κ1) is 14.7. The van der Waals surface area contributed by atoms with Crippen LogP contribution in [0.5, 0.6) is 0 Å². The molecule has 1 amide bonds. The molecule has 0 saturated carbocycles. The van der Waals surface area contributed by atoms with E-state index in [0.29, 0.717) is 13.0 Å². The molecule has 4 heteroatoms. The van der Waals surface area contributed by atoms with Crippen LogP contribution in [0.1, 0.15) is 43.2 Å². The minimum absolute atomic E-state index is 0.00646. The first-order valence-electron chi connectivity index (χ1n) is 7.02. The fourth-order valence-electron chi connectivity index (χ4n) is 2.39. The molecule has 3 nitrogen and oxygen atoms in total. The average Bonchev–Trinajstić information content (AvgIpc) is 2.47. The third kappa shape index (κ3) is 4.17. The number of amides is 1. The zero-order valence-corrected chi connectivity index (χ0v) is 11.5. The smallest absolute Gasteiger partial charge is 0.224 e. The van der Waals surface area contributed by atoms with Crippen molar-refractivity contribution in [3.8, 4) is 0 Å². The van der Waals surface area contributed by atoms with Crippen molar-refractivity contribution in [2.24, 2.45) is 0 Å². The number of hydrogen-bond acceptors (Lipinski definition) is 2. The highest BCUT2D eigenvalue weighted by Crippen LogP contribution is 2.19. The topological polar surface area (TPSA) is 49.3 Å². The van der Waals surface area contributed by atoms with Gasteiger partial charge in [0.1, 0.15) is 5.82 Å². The molecule has 108 valence electrons. The second kappa shape index (κ2) is 7.20. The molecule has 0 atom stereocenters. The number of hydrogen-bond donors (Lipinski definition) is 2. The predicted octanol–water partition coefficient (Wildman–Crippen LogP) is 2.82. The van der Waals surface area contributed by atoms with Crippen molar-refractivity contribution >= 4 is 5.91 Å². The van der Waals surface area contributed by atoms with Gasteiger partial charge in [-0.2, -0.15) is 0 Å². The second-order valence-corrected chi connectivity index (χ2v) is 5.15. The van der Waals surface area contributed by atoms with E-state index in [2.05, 4.69) is 11.4 Å². The normalized spacial score (nSPS) is 14.8. The van der Waals surface area contributed by atoms with E-state index in [0.717, 1.165) is 24.8 Å². The highest BCUT2D eigenvalue weighted by Gasteiger charge is 2.09. The third-order valence-electron chi connectivity index (χ3n) is 3.54. The Morgan fingerprint density at radius 3 is 2.90 bits per heavy atom. The quantitative estimate of drug-likeness (QED) is 0.813. The van der Waals surface area contributed by atoms with Gasteiger partial charge in [-0.15, -0.1) is 0 Å². The number of benzene rings is 1. The van der Waals surface area contributed by atoms with Crippen LogP contribution in [0.15, 0.2) is 29.8 Å². The Morgan fingerprint density at radius 1 is 1.35 bits per heavy atom. The summed E-state index contributed by atoms with van der Waals surface area (Å²) >= 11 is 0. The summed E-state index contributed by atoms with van der Waals surface area (Å²) in [5, 5.41) is 11.8. The number of halogens is 1. The lowest BCUT2D eigenvalue weighted by Crippen LogP contribution is -2.23. The summed E-state index contributed by atoms with van der Waals surface area (Å²) in [6.07, 6.45) is 7.07. The van der Waals surface area contributed by atoms with Crippen molar-refractivity contribution in [2.75, 3.05) is 0 Å². The summed E-state index contributed by atoms with van der Waals surface area (Å²) in [5.41, 5.74) is 2.26. The molecule has 0 heterocycles. The van der Waals surface area contributed by atoms with Gasteiger partial charge in [0, 0.05) is 18.5 Å². The predicted molar refractivity (Wildman–Crippen MR) is 75.3 cm³/mol. The largest absolute Gasteiger partial charge is 0.392 e. The van der Waals surface area contributed by atoms with Gasteiger partial charge in [0.25, 0.3) is 0 Å². The monoisotopic (exact) mass is 277 g/mol. The molecule has 0 unspecified atom stereocenters. The van der Waals surface area contributed by atoms with Crippen LogP contribution in [-0.2, 0) is 17.9 Å². The molecule has 0 spiro atoms. The summed E-state index contributed by atoms with van der Waals surface area (Å²) in [4.78, 5) is 11.8. The Labute approximate surface area is 118 Å². The van der Waals surface area contributed by atoms with E-state index < -0.39 is 5.82 Å². The van der Waals surface area contributed by atoms with E-state index in [4.69, 9.17) is 5.11 Å². The zero-order chi connectivity index (χ0) is 14.4. The molecule has 1 aliphatic rings. The maximum atomic E-state index is 13.2. The summed E-state index contributed by atoms with van der Waals surface area (Å²) in [6, 6.07) is 4.51. The zero-order valence-electron chi connectivity index (χ0n) is 11.5. The lowest BCUT2D eigenvalue weighted by atomic mass is 9.97. The van der Waals surface area contributed by atoms with E-state index in [9.17, 15) is 9.18 Å². The molecular weight excluding hydrogens is 257 g/mol. The summed E-state index contributed by atoms with van der Waals surface area (Å²) in [7, 11) is 0. The van der Waals surface area contributed by atoms with Gasteiger partial charge >= 0.3 is 0 Å². The highest BCUT2D eigenvalue weighted by molar-refractivity contribution is 5.78. The van der Waals surface area contributed by atoms with E-state index >= 15 is 0 Å². The number of nitrogens with one attached hydrogen (secondary N) is 1. The minimum atomic E-state index is -0.421. The van der Waals surface area contributed by atoms with Crippen LogP contribution < -0.4 is 5.32 Å². The van der Waals surface area contributed by atoms with Crippen molar-refractivity contribution in [3.05, 3.63) is 46.8 Å². The maximum absolute atomic E-state index is 13.2. The first-order chi connectivity index (χ1) is 9.69. The molecule has 2 rings (SSSR count). The third-order valence-corrected chi connectivity index (χ3v) is 3.54. The van der Waals surface area contributed by atoms with Crippen molar-refractivity contribution in [2.45, 2.75) is 45.3 Å². The highest BCUT2D eigenvalue weighted by atomic mass is 19.1. The van der Waals surface area contributed by atoms with E-state index in [1.54, 1.807) is 12.1 Å². The molecule has 0 saturated heterocycles. The van der Waals surface area contributed by atoms with Crippen molar-refractivity contribution in [1.29, 1.82) is 0 Å². The SMILES string of the molecule is O=C(CC1=CCCCC1)NCc1ccc(F)c(CO)c1. The average molecular weight is 277 g/mol. The van der Waals surface area contributed by atoms with Crippen molar-refractivity contribution in [1.82, 2.24) is 5.32 Å². The number of carbonyl (C=O) groups excluding carboxylic acids is 1. The molecular formula is C16H20FNO2. The molecule has 2 N–H and O–H groups in total. The Hall–Kier alpha value is -1.68. The van der Waals surface area contributed by atoms with Gasteiger partial charge in [-0.1, -0.05) is 17.7 Å². The molecule has 0 aliphatic heterocycles. The number of carbonyl (C=O) groups is 1. The number of rotatable bonds is 5. The Morgan fingerprint density at radius 2 is 2.20 bits per heavy atom. The van der Waals surface area contributed by atoms with Crippen LogP contribution in [-0.4, -0.2) is 11.0 Å². The minimum Gasteiger partial charge on any atom is -0.392 e. The van der Waals surface area contributed by atoms with Gasteiger partial charge < -0.3 is 10.4 Å². The number of aliphatic hydroxyl groups is 1. The van der Waals surface area contributed by atoms with E-state index in [1.165, 1.54) is 18.1 Å². The van der Waals surface area contributed by atoms with Gasteiger partial charge in [0.2, 0.25) is 5.91 Å². The number of aliphatic hydroxyl groups excluding tert-OH is 1. The summed E-state index contributed by atoms with van der Waals surface area (Å²) in [6.45, 7) is 0.0277. The van der Waals surface area contributed by atoms with Gasteiger partial charge in [-0.3, -0.25) is 4.79 Å². The van der Waals surface area contributed by atoms with Gasteiger partial charge in [-0.25, -0.2) is 4.39 Å². The first-order valence-corrected chi connectivity index (χ1v) is 7.02. The van der Waals surface area contributed by atoms with Crippen molar-refractivity contribution in [3.63, 3.8) is 0 Å². The Bertz CT molecular complexity index is 511. The fourth-order valence-corrected chi connectivity index (χ4v) is 2.39. The van der Waals surface area contributed by atoms with Crippen LogP contribution in [0, 0.1) is 5.82 Å². The van der Waals surface area contributed by atoms with Crippen LogP contribution in [0.4, 0.5) is 4.39 Å². The molecule has 1 aromatic carbocycles. The van der Waals surface area contributed by atoms with Gasteiger partial charge in [-0.05, 0) is 43.4 Å². The molecule has 0 fully saturated rings. The maximum Gasteiger partial charge on any atom is 0.224 e. The van der Waals surface area contributed by atoms with Crippen LogP contribution in [0.3, 0.4) is 0 Å². The van der Waals surface area contributed by atoms with Crippen molar-refractivity contribution < 1.29 is 14.3 Å². The summed E-state index contributed by atoms with van der Waals surface area (Å²) in [5.74, 6) is -0.428. The Balaban J connectivity index is 1.85. The lowest BCUT2D eigenvalue weighted by molar-refractivity contribution is -0.120. The van der Waals surface area contributed by atoms with E-state index in [-0.39, 0.29) is 18.1 Å². The van der Waals surface area contributed by atoms with Gasteiger partial charge in [0.15, 0.2) is 0 Å². The Kier molecular flexibility index (Phi) is 5.30. The molecule has 0 aromatic heterocycles.